The summed E-state index contributed by atoms with van der Waals surface area (Å²) in [6.07, 6.45) is 3.82. The molecule has 0 aliphatic carbocycles. The van der Waals surface area contributed by atoms with Gasteiger partial charge in [-0.3, -0.25) is 9.59 Å². The number of alkyl halides is 2. The highest BCUT2D eigenvalue weighted by molar-refractivity contribution is 9.09. The predicted octanol–water partition coefficient (Wildman–Crippen LogP) is 3.84. The minimum atomic E-state index is -0.528. The summed E-state index contributed by atoms with van der Waals surface area (Å²) >= 11 is 6.41. The van der Waals surface area contributed by atoms with Crippen molar-refractivity contribution in [2.45, 2.75) is 46.0 Å². The van der Waals surface area contributed by atoms with Gasteiger partial charge in [-0.2, -0.15) is 0 Å². The third-order valence-corrected chi connectivity index (χ3v) is 2.99. The number of ether oxygens (including phenoxy) is 2. The average molecular weight is 404 g/mol. The Morgan fingerprint density at radius 2 is 1.21 bits per heavy atom. The topological polar surface area (TPSA) is 52.6 Å². The van der Waals surface area contributed by atoms with E-state index in [-0.39, 0.29) is 6.42 Å². The van der Waals surface area contributed by atoms with E-state index in [0.717, 1.165) is 23.5 Å². The molecule has 0 aromatic carbocycles. The molecule has 0 unspecified atom stereocenters. The molecule has 114 valence electrons. The highest BCUT2D eigenvalue weighted by atomic mass is 79.9. The summed E-state index contributed by atoms with van der Waals surface area (Å²) in [5.74, 6) is -1.06. The van der Waals surface area contributed by atoms with Crippen LogP contribution in [0.25, 0.3) is 0 Å². The first-order valence-corrected chi connectivity index (χ1v) is 8.79. The monoisotopic (exact) mass is 402 g/mol. The van der Waals surface area contributed by atoms with Crippen molar-refractivity contribution in [3.05, 3.63) is 0 Å². The van der Waals surface area contributed by atoms with Crippen LogP contribution in [0.1, 0.15) is 46.0 Å². The van der Waals surface area contributed by atoms with Crippen LogP contribution >= 0.6 is 31.9 Å². The number of carbonyl (C=O) groups excluding carboxylic acids is 2. The van der Waals surface area contributed by atoms with Crippen LogP contribution in [0.5, 0.6) is 0 Å². The number of esters is 2. The second-order valence-corrected chi connectivity index (χ2v) is 5.29. The molecule has 0 saturated carbocycles. The molecule has 19 heavy (non-hydrogen) atoms. The molecule has 0 rings (SSSR count). The maximum absolute atomic E-state index is 11.0. The molecule has 0 aliphatic rings. The summed E-state index contributed by atoms with van der Waals surface area (Å²) in [4.78, 5) is 22.0. The van der Waals surface area contributed by atoms with Crippen LogP contribution in [-0.4, -0.2) is 35.8 Å². The number of hydrogen-bond donors (Lipinski definition) is 0. The summed E-state index contributed by atoms with van der Waals surface area (Å²) in [6.45, 7) is 5.03. The normalized spacial score (nSPS) is 9.26. The van der Waals surface area contributed by atoms with Crippen LogP contribution in [0.3, 0.4) is 0 Å². The molecule has 0 atom stereocenters. The van der Waals surface area contributed by atoms with E-state index in [0.29, 0.717) is 13.2 Å². The quantitative estimate of drug-likeness (QED) is 0.254. The first kappa shape index (κ1) is 21.2. The van der Waals surface area contributed by atoms with E-state index in [9.17, 15) is 9.59 Å². The molecule has 0 radical (unpaired) electrons. The second kappa shape index (κ2) is 17.9. The van der Waals surface area contributed by atoms with Gasteiger partial charge < -0.3 is 9.47 Å². The minimum Gasteiger partial charge on any atom is -0.465 e. The van der Waals surface area contributed by atoms with Crippen molar-refractivity contribution in [1.82, 2.24) is 0 Å². The standard InChI is InChI=1S/C9H14Br2O4.C4H10/c10-3-1-5-14-8(12)7-9(13)15-6-2-4-11;1-3-4-2/h1-7H2;3-4H2,1-2H3. The van der Waals surface area contributed by atoms with Crippen LogP contribution in [0.15, 0.2) is 0 Å². The summed E-state index contributed by atoms with van der Waals surface area (Å²) in [6, 6.07) is 0. The van der Waals surface area contributed by atoms with E-state index in [1.54, 1.807) is 0 Å². The Hall–Kier alpha value is -0.100. The molecule has 0 bridgehead atoms. The van der Waals surface area contributed by atoms with Gasteiger partial charge in [0.2, 0.25) is 0 Å². The van der Waals surface area contributed by atoms with E-state index >= 15 is 0 Å². The Labute approximate surface area is 132 Å². The maximum Gasteiger partial charge on any atom is 0.317 e. The smallest absolute Gasteiger partial charge is 0.317 e. The molecule has 0 heterocycles. The molecular weight excluding hydrogens is 380 g/mol. The van der Waals surface area contributed by atoms with E-state index in [4.69, 9.17) is 9.47 Å². The molecule has 0 saturated heterocycles. The van der Waals surface area contributed by atoms with Gasteiger partial charge in [-0.15, -0.1) is 0 Å². The largest absolute Gasteiger partial charge is 0.465 e. The highest BCUT2D eigenvalue weighted by Gasteiger charge is 2.11. The van der Waals surface area contributed by atoms with E-state index in [1.165, 1.54) is 12.8 Å². The Kier molecular flexibility index (Phi) is 20.0. The van der Waals surface area contributed by atoms with Gasteiger partial charge in [0.1, 0.15) is 6.42 Å². The summed E-state index contributed by atoms with van der Waals surface area (Å²) < 4.78 is 9.56. The van der Waals surface area contributed by atoms with E-state index < -0.39 is 11.9 Å². The molecule has 0 amide bonds. The number of hydrogen-bond acceptors (Lipinski definition) is 4. The zero-order valence-corrected chi connectivity index (χ0v) is 14.9. The Morgan fingerprint density at radius 1 is 0.842 bits per heavy atom. The molecule has 0 spiro atoms. The van der Waals surface area contributed by atoms with Gasteiger partial charge in [0.25, 0.3) is 0 Å². The summed E-state index contributed by atoms with van der Waals surface area (Å²) in [7, 11) is 0. The predicted molar refractivity (Wildman–Crippen MR) is 83.9 cm³/mol. The van der Waals surface area contributed by atoms with Gasteiger partial charge in [-0.25, -0.2) is 0 Å². The van der Waals surface area contributed by atoms with Crippen molar-refractivity contribution in [2.75, 3.05) is 23.9 Å². The van der Waals surface area contributed by atoms with Crippen molar-refractivity contribution in [2.24, 2.45) is 0 Å². The molecule has 0 N–H and O–H groups in total. The Bertz CT molecular complexity index is 201. The summed E-state index contributed by atoms with van der Waals surface area (Å²) in [5, 5.41) is 1.55. The Balaban J connectivity index is 0. The lowest BCUT2D eigenvalue weighted by Crippen LogP contribution is -2.15. The molecule has 4 nitrogen and oxygen atoms in total. The van der Waals surface area contributed by atoms with Crippen LogP contribution < -0.4 is 0 Å². The van der Waals surface area contributed by atoms with Crippen LogP contribution in [0.2, 0.25) is 0 Å². The molecule has 0 aromatic heterocycles. The van der Waals surface area contributed by atoms with Gasteiger partial charge in [0.05, 0.1) is 13.2 Å². The molecule has 6 heteroatoms. The van der Waals surface area contributed by atoms with E-state index in [1.807, 2.05) is 0 Å². The maximum atomic E-state index is 11.0. The van der Waals surface area contributed by atoms with Crippen molar-refractivity contribution in [3.63, 3.8) is 0 Å². The lowest BCUT2D eigenvalue weighted by molar-refractivity contribution is -0.154. The SMILES string of the molecule is CCCC.O=C(CC(=O)OCCCBr)OCCCBr. The minimum absolute atomic E-state index is 0.301. The fraction of sp³-hybridized carbons (Fsp3) is 0.846. The average Bonchev–Trinajstić information content (AvgIpc) is 2.39. The Morgan fingerprint density at radius 3 is 1.47 bits per heavy atom. The van der Waals surface area contributed by atoms with E-state index in [2.05, 4.69) is 45.7 Å². The van der Waals surface area contributed by atoms with Gasteiger partial charge in [0.15, 0.2) is 0 Å². The highest BCUT2D eigenvalue weighted by Crippen LogP contribution is 1.96. The molecule has 0 aromatic rings. The van der Waals surface area contributed by atoms with Crippen LogP contribution in [-0.2, 0) is 19.1 Å². The first-order chi connectivity index (χ1) is 9.12. The third kappa shape index (κ3) is 20.4. The van der Waals surface area contributed by atoms with Crippen molar-refractivity contribution < 1.29 is 19.1 Å². The zero-order valence-electron chi connectivity index (χ0n) is 11.8. The van der Waals surface area contributed by atoms with Crippen molar-refractivity contribution in [1.29, 1.82) is 0 Å². The molecule has 0 aliphatic heterocycles. The van der Waals surface area contributed by atoms with Gasteiger partial charge in [-0.1, -0.05) is 58.5 Å². The van der Waals surface area contributed by atoms with Crippen LogP contribution in [0, 0.1) is 0 Å². The lowest BCUT2D eigenvalue weighted by atomic mass is 10.4. The van der Waals surface area contributed by atoms with Crippen molar-refractivity contribution >= 4 is 43.8 Å². The zero-order chi connectivity index (χ0) is 14.9. The van der Waals surface area contributed by atoms with Crippen molar-refractivity contribution in [3.8, 4) is 0 Å². The van der Waals surface area contributed by atoms with Gasteiger partial charge in [0, 0.05) is 10.7 Å². The fourth-order valence-electron chi connectivity index (χ4n) is 0.701. The van der Waals surface area contributed by atoms with Gasteiger partial charge >= 0.3 is 11.9 Å². The van der Waals surface area contributed by atoms with Crippen LogP contribution in [0.4, 0.5) is 0 Å². The summed E-state index contributed by atoms with van der Waals surface area (Å²) in [5.41, 5.74) is 0. The lowest BCUT2D eigenvalue weighted by Gasteiger charge is -2.04. The number of rotatable bonds is 9. The number of carbonyl (C=O) groups is 2. The molecule has 0 fully saturated rings. The second-order valence-electron chi connectivity index (χ2n) is 3.70. The number of unbranched alkanes of at least 4 members (excludes halogenated alkanes) is 1. The number of halogens is 2. The fourth-order valence-corrected chi connectivity index (χ4v) is 1.16. The third-order valence-electron chi connectivity index (χ3n) is 1.87. The van der Waals surface area contributed by atoms with Gasteiger partial charge in [-0.05, 0) is 12.8 Å². The first-order valence-electron chi connectivity index (χ1n) is 6.55. The molecular formula is C13H24Br2O4.